The van der Waals surface area contributed by atoms with Crippen molar-refractivity contribution in [2.45, 2.75) is 12.6 Å². The number of rotatable bonds is 5. The topological polar surface area (TPSA) is 96.0 Å². The van der Waals surface area contributed by atoms with Gasteiger partial charge < -0.3 is 15.7 Å². The molecule has 1 aliphatic rings. The molecule has 1 aliphatic heterocycles. The van der Waals surface area contributed by atoms with E-state index in [0.717, 1.165) is 24.5 Å². The molecule has 0 aromatic heterocycles. The molecular weight excluding hydrogens is 339 g/mol. The molecule has 0 aliphatic carbocycles. The zero-order valence-electron chi connectivity index (χ0n) is 13.0. The van der Waals surface area contributed by atoms with Gasteiger partial charge in [-0.2, -0.15) is 13.2 Å². The van der Waals surface area contributed by atoms with Crippen LogP contribution in [-0.4, -0.2) is 36.3 Å². The maximum absolute atomic E-state index is 12.8. The molecule has 2 rings (SSSR count). The van der Waals surface area contributed by atoms with Crippen molar-refractivity contribution in [1.82, 2.24) is 0 Å². The number of hydrogen-bond donors (Lipinski definition) is 2. The number of aliphatic imine (C=N–C) groups is 1. The molecule has 6 nitrogen and oxygen atoms in total. The van der Waals surface area contributed by atoms with Crippen molar-refractivity contribution in [1.29, 1.82) is 0 Å². The predicted molar refractivity (Wildman–Crippen MR) is 85.2 cm³/mol. The number of benzene rings is 1. The van der Waals surface area contributed by atoms with Gasteiger partial charge in [0.2, 0.25) is 5.91 Å². The highest BCUT2D eigenvalue weighted by molar-refractivity contribution is 6.08. The average Bonchev–Trinajstić information content (AvgIpc) is 2.91. The van der Waals surface area contributed by atoms with Gasteiger partial charge >= 0.3 is 12.1 Å². The number of carboxylic acids is 1. The summed E-state index contributed by atoms with van der Waals surface area (Å²) in [5.41, 5.74) is 4.33. The Labute approximate surface area is 141 Å². The van der Waals surface area contributed by atoms with Crippen LogP contribution >= 0.6 is 0 Å². The van der Waals surface area contributed by atoms with E-state index >= 15 is 0 Å². The van der Waals surface area contributed by atoms with E-state index < -0.39 is 17.7 Å². The van der Waals surface area contributed by atoms with E-state index in [1.807, 2.05) is 0 Å². The summed E-state index contributed by atoms with van der Waals surface area (Å²) in [5.74, 6) is -1.74. The molecule has 1 amide bonds. The third kappa shape index (κ3) is 4.59. The molecule has 1 unspecified atom stereocenters. The number of hydrogen-bond acceptors (Lipinski definition) is 4. The largest absolute Gasteiger partial charge is 0.478 e. The van der Waals surface area contributed by atoms with E-state index in [4.69, 9.17) is 10.8 Å². The molecule has 134 valence electrons. The first-order valence-corrected chi connectivity index (χ1v) is 7.35. The van der Waals surface area contributed by atoms with Crippen LogP contribution < -0.4 is 10.6 Å². The Morgan fingerprint density at radius 3 is 2.76 bits per heavy atom. The van der Waals surface area contributed by atoms with Crippen LogP contribution in [0.25, 0.3) is 0 Å². The number of carbonyl (C=O) groups is 2. The molecule has 9 heteroatoms. The lowest BCUT2D eigenvalue weighted by Crippen LogP contribution is -2.25. The molecule has 0 spiro atoms. The van der Waals surface area contributed by atoms with Crippen LogP contribution in [-0.2, 0) is 15.8 Å². The Morgan fingerprint density at radius 2 is 2.16 bits per heavy atom. The Balaban J connectivity index is 2.06. The van der Waals surface area contributed by atoms with Gasteiger partial charge in [0.1, 0.15) is 0 Å². The van der Waals surface area contributed by atoms with Gasteiger partial charge in [0, 0.05) is 43.5 Å². The first kappa shape index (κ1) is 18.5. The van der Waals surface area contributed by atoms with Gasteiger partial charge in [0.05, 0.1) is 11.1 Å². The van der Waals surface area contributed by atoms with Crippen molar-refractivity contribution in [2.24, 2.45) is 16.6 Å². The lowest BCUT2D eigenvalue weighted by atomic mass is 10.1. The summed E-state index contributed by atoms with van der Waals surface area (Å²) in [4.78, 5) is 28.1. The summed E-state index contributed by atoms with van der Waals surface area (Å²) < 4.78 is 38.4. The Morgan fingerprint density at radius 1 is 1.44 bits per heavy atom. The minimum absolute atomic E-state index is 0.127. The number of anilines is 1. The SMILES string of the molecule is NC=C(C=NCC1CC(=O)N(c2cccc(C(F)(F)F)c2)C1)C(=O)O. The van der Waals surface area contributed by atoms with Crippen molar-refractivity contribution >= 4 is 23.8 Å². The van der Waals surface area contributed by atoms with Crippen LogP contribution in [0.5, 0.6) is 0 Å². The first-order valence-electron chi connectivity index (χ1n) is 7.35. The van der Waals surface area contributed by atoms with Crippen molar-refractivity contribution in [2.75, 3.05) is 18.0 Å². The van der Waals surface area contributed by atoms with Crippen LogP contribution in [0.15, 0.2) is 41.0 Å². The minimum Gasteiger partial charge on any atom is -0.478 e. The lowest BCUT2D eigenvalue weighted by molar-refractivity contribution is -0.137. The molecule has 1 aromatic rings. The van der Waals surface area contributed by atoms with Gasteiger partial charge in [-0.05, 0) is 18.2 Å². The fourth-order valence-electron chi connectivity index (χ4n) is 2.47. The monoisotopic (exact) mass is 355 g/mol. The summed E-state index contributed by atoms with van der Waals surface area (Å²) in [6.07, 6.45) is -2.35. The number of nitrogens with two attached hydrogens (primary N) is 1. The van der Waals surface area contributed by atoms with Gasteiger partial charge in [0.25, 0.3) is 0 Å². The van der Waals surface area contributed by atoms with E-state index in [9.17, 15) is 22.8 Å². The minimum atomic E-state index is -4.48. The second kappa shape index (κ2) is 7.37. The van der Waals surface area contributed by atoms with Crippen LogP contribution in [0, 0.1) is 5.92 Å². The Bertz CT molecular complexity index is 729. The number of nitrogens with zero attached hydrogens (tertiary/aromatic N) is 2. The van der Waals surface area contributed by atoms with Gasteiger partial charge in [0.15, 0.2) is 0 Å². The molecule has 1 heterocycles. The lowest BCUT2D eigenvalue weighted by Gasteiger charge is -2.18. The number of amides is 1. The molecule has 1 fully saturated rings. The maximum Gasteiger partial charge on any atom is 0.416 e. The van der Waals surface area contributed by atoms with E-state index in [1.54, 1.807) is 0 Å². The van der Waals surface area contributed by atoms with Crippen LogP contribution in [0.1, 0.15) is 12.0 Å². The highest BCUT2D eigenvalue weighted by atomic mass is 19.4. The van der Waals surface area contributed by atoms with Crippen LogP contribution in [0.4, 0.5) is 18.9 Å². The van der Waals surface area contributed by atoms with Crippen molar-refractivity contribution in [3.8, 4) is 0 Å². The van der Waals surface area contributed by atoms with Crippen molar-refractivity contribution in [3.05, 3.63) is 41.6 Å². The summed E-state index contributed by atoms with van der Waals surface area (Å²) in [7, 11) is 0. The molecular formula is C16H16F3N3O3. The summed E-state index contributed by atoms with van der Waals surface area (Å²) in [6.45, 7) is 0.387. The third-order valence-corrected chi connectivity index (χ3v) is 3.71. The zero-order chi connectivity index (χ0) is 18.6. The Kier molecular flexibility index (Phi) is 5.45. The average molecular weight is 355 g/mol. The highest BCUT2D eigenvalue weighted by Gasteiger charge is 2.34. The number of carbonyl (C=O) groups excluding carboxylic acids is 1. The van der Waals surface area contributed by atoms with E-state index in [1.165, 1.54) is 17.0 Å². The quantitative estimate of drug-likeness (QED) is 0.624. The van der Waals surface area contributed by atoms with Gasteiger partial charge in [-0.1, -0.05) is 6.07 Å². The summed E-state index contributed by atoms with van der Waals surface area (Å²) >= 11 is 0. The predicted octanol–water partition coefficient (Wildman–Crippen LogP) is 2.06. The smallest absolute Gasteiger partial charge is 0.416 e. The second-order valence-electron chi connectivity index (χ2n) is 5.54. The van der Waals surface area contributed by atoms with Gasteiger partial charge in [-0.15, -0.1) is 0 Å². The van der Waals surface area contributed by atoms with Crippen molar-refractivity contribution in [3.63, 3.8) is 0 Å². The highest BCUT2D eigenvalue weighted by Crippen LogP contribution is 2.33. The molecule has 0 radical (unpaired) electrons. The number of halogens is 3. The Hall–Kier alpha value is -2.84. The number of carboxylic acid groups (broad SMARTS) is 1. The standard InChI is InChI=1S/C16H16F3N3O3/c17-16(18,19)12-2-1-3-13(5-12)22-9-10(4-14(22)23)7-21-8-11(6-20)15(24)25/h1-3,5-6,8,10H,4,7,9,20H2,(H,24,25). The second-order valence-corrected chi connectivity index (χ2v) is 5.54. The van der Waals surface area contributed by atoms with Crippen LogP contribution in [0.2, 0.25) is 0 Å². The molecule has 1 saturated heterocycles. The normalized spacial score (nSPS) is 19.0. The fraction of sp³-hybridized carbons (Fsp3) is 0.312. The van der Waals surface area contributed by atoms with E-state index in [-0.39, 0.29) is 42.6 Å². The summed E-state index contributed by atoms with van der Waals surface area (Å²) in [6, 6.07) is 4.57. The van der Waals surface area contributed by atoms with Crippen LogP contribution in [0.3, 0.4) is 0 Å². The number of aliphatic carboxylic acids is 1. The molecule has 1 aromatic carbocycles. The van der Waals surface area contributed by atoms with E-state index in [0.29, 0.717) is 0 Å². The fourth-order valence-corrected chi connectivity index (χ4v) is 2.47. The molecule has 3 N–H and O–H groups in total. The zero-order valence-corrected chi connectivity index (χ0v) is 13.0. The summed E-state index contributed by atoms with van der Waals surface area (Å²) in [5, 5.41) is 8.80. The van der Waals surface area contributed by atoms with Gasteiger partial charge in [-0.25, -0.2) is 4.79 Å². The molecule has 0 saturated carbocycles. The van der Waals surface area contributed by atoms with E-state index in [2.05, 4.69) is 4.99 Å². The maximum atomic E-state index is 12.8. The first-order chi connectivity index (χ1) is 11.7. The van der Waals surface area contributed by atoms with Crippen molar-refractivity contribution < 1.29 is 27.9 Å². The molecule has 0 bridgehead atoms. The number of alkyl halides is 3. The van der Waals surface area contributed by atoms with Gasteiger partial charge in [-0.3, -0.25) is 9.79 Å². The molecule has 25 heavy (non-hydrogen) atoms. The molecule has 1 atom stereocenters. The third-order valence-electron chi connectivity index (χ3n) is 3.71.